The lowest BCUT2D eigenvalue weighted by atomic mass is 9.24. The van der Waals surface area contributed by atoms with Gasteiger partial charge in [-0.25, -0.2) is 4.79 Å². The third kappa shape index (κ3) is 1.77. The zero-order valence-corrected chi connectivity index (χ0v) is 16.6. The third-order valence-corrected chi connectivity index (χ3v) is 9.88. The molecule has 5 aliphatic carbocycles. The lowest BCUT2D eigenvalue weighted by molar-refractivity contribution is -0.324. The van der Waals surface area contributed by atoms with Crippen LogP contribution in [-0.4, -0.2) is 18.0 Å². The van der Waals surface area contributed by atoms with Crippen molar-refractivity contribution in [2.75, 3.05) is 0 Å². The summed E-state index contributed by atoms with van der Waals surface area (Å²) in [6.07, 6.45) is 7.02. The van der Waals surface area contributed by atoms with Crippen molar-refractivity contribution in [3.8, 4) is 0 Å². The number of carbonyl (C=O) groups is 2. The minimum atomic E-state index is -0.728. The fourth-order valence-corrected chi connectivity index (χ4v) is 7.82. The summed E-state index contributed by atoms with van der Waals surface area (Å²) in [5, 5.41) is 0. The topological polar surface area (TPSA) is 69.4 Å². The maximum atomic E-state index is 13.6. The molecule has 0 heterocycles. The van der Waals surface area contributed by atoms with Gasteiger partial charge in [0, 0.05) is 23.2 Å². The Kier molecular flexibility index (Phi) is 3.57. The number of fused-ring (bicyclic) bond motifs is 4. The molecule has 4 nitrogen and oxygen atoms in total. The van der Waals surface area contributed by atoms with Crippen molar-refractivity contribution in [3.05, 3.63) is 12.7 Å². The number of primary amides is 1. The Morgan fingerprint density at radius 1 is 1.19 bits per heavy atom. The summed E-state index contributed by atoms with van der Waals surface area (Å²) in [5.41, 5.74) is 5.08. The first-order chi connectivity index (χ1) is 12.1. The Balaban J connectivity index is 1.89. The molecule has 5 fully saturated rings. The Morgan fingerprint density at radius 3 is 2.38 bits per heavy atom. The molecule has 26 heavy (non-hydrogen) atoms. The number of rotatable bonds is 2. The molecule has 0 aliphatic heterocycles. The monoisotopic (exact) mass is 359 g/mol. The average Bonchev–Trinajstić information content (AvgIpc) is 2.61. The molecule has 144 valence electrons. The van der Waals surface area contributed by atoms with Crippen molar-refractivity contribution in [3.63, 3.8) is 0 Å². The number of Topliss-reactive ketones (excluding diaryl/α,β-unsaturated/α-hetero) is 1. The van der Waals surface area contributed by atoms with Gasteiger partial charge in [-0.15, -0.1) is 6.58 Å². The van der Waals surface area contributed by atoms with Crippen molar-refractivity contribution < 1.29 is 14.3 Å². The van der Waals surface area contributed by atoms with Crippen LogP contribution in [0.25, 0.3) is 0 Å². The normalized spacial score (nSPS) is 55.2. The van der Waals surface area contributed by atoms with Crippen molar-refractivity contribution in [2.24, 2.45) is 45.1 Å². The number of allylic oxidation sites excluding steroid dienone is 1. The summed E-state index contributed by atoms with van der Waals surface area (Å²) in [6.45, 7) is 12.7. The molecule has 0 aromatic rings. The molecule has 5 saturated carbocycles. The molecule has 0 radical (unpaired) electrons. The number of amides is 1. The van der Waals surface area contributed by atoms with E-state index in [4.69, 9.17) is 10.5 Å². The molecular formula is C22H33NO3. The number of nitrogens with two attached hydrogens (primary N) is 1. The molecular weight excluding hydrogens is 326 g/mol. The molecule has 0 aromatic heterocycles. The van der Waals surface area contributed by atoms with Gasteiger partial charge < -0.3 is 10.5 Å². The maximum absolute atomic E-state index is 13.6. The predicted molar refractivity (Wildman–Crippen MR) is 100 cm³/mol. The predicted octanol–water partition coefficient (Wildman–Crippen LogP) is 4.47. The van der Waals surface area contributed by atoms with E-state index in [1.165, 1.54) is 12.8 Å². The van der Waals surface area contributed by atoms with E-state index in [-0.39, 0.29) is 34.1 Å². The summed E-state index contributed by atoms with van der Waals surface area (Å²) in [4.78, 5) is 25.4. The molecule has 8 atom stereocenters. The first-order valence-electron chi connectivity index (χ1n) is 10.2. The molecule has 4 heteroatoms. The molecule has 2 spiro atoms. The van der Waals surface area contributed by atoms with E-state index >= 15 is 0 Å². The van der Waals surface area contributed by atoms with Gasteiger partial charge in [-0.3, -0.25) is 4.79 Å². The van der Waals surface area contributed by atoms with Gasteiger partial charge in [-0.1, -0.05) is 26.8 Å². The van der Waals surface area contributed by atoms with Crippen molar-refractivity contribution in [1.82, 2.24) is 0 Å². The largest absolute Gasteiger partial charge is 0.446 e. The molecule has 0 saturated heterocycles. The number of ketones is 1. The number of hydrogen-bond donors (Lipinski definition) is 1. The van der Waals surface area contributed by atoms with Gasteiger partial charge in [-0.2, -0.15) is 0 Å². The van der Waals surface area contributed by atoms with Gasteiger partial charge in [-0.05, 0) is 61.7 Å². The molecule has 1 amide bonds. The number of carbonyl (C=O) groups excluding carboxylic acids is 2. The maximum Gasteiger partial charge on any atom is 0.404 e. The lowest BCUT2D eigenvalue weighted by Crippen LogP contribution is -2.75. The van der Waals surface area contributed by atoms with Gasteiger partial charge in [0.15, 0.2) is 0 Å². The van der Waals surface area contributed by atoms with Crippen LogP contribution in [0.1, 0.15) is 66.2 Å². The second-order valence-electron chi connectivity index (χ2n) is 10.2. The highest BCUT2D eigenvalue weighted by Crippen LogP contribution is 2.84. The molecule has 4 bridgehead atoms. The van der Waals surface area contributed by atoms with E-state index in [0.29, 0.717) is 18.3 Å². The lowest BCUT2D eigenvalue weighted by Gasteiger charge is -2.80. The van der Waals surface area contributed by atoms with Crippen LogP contribution in [0, 0.1) is 39.4 Å². The first-order valence-corrected chi connectivity index (χ1v) is 10.2. The SMILES string of the molecule is C=C[C@]1(C)C[C@@H](OC(N)=O)[C@]2(C)C(C)CC[C@]34CC[C@@]3(CC24)[C@@H](C)C1=O. The van der Waals surface area contributed by atoms with E-state index in [1.807, 2.05) is 6.92 Å². The zero-order chi connectivity index (χ0) is 19.1. The van der Waals surface area contributed by atoms with Crippen LogP contribution in [0.2, 0.25) is 0 Å². The van der Waals surface area contributed by atoms with E-state index < -0.39 is 11.5 Å². The van der Waals surface area contributed by atoms with Gasteiger partial charge in [0.1, 0.15) is 11.9 Å². The number of ether oxygens (including phenoxy) is 1. The second-order valence-corrected chi connectivity index (χ2v) is 10.2. The van der Waals surface area contributed by atoms with Gasteiger partial charge in [0.2, 0.25) is 0 Å². The molecule has 2 unspecified atom stereocenters. The van der Waals surface area contributed by atoms with Crippen LogP contribution >= 0.6 is 0 Å². The highest BCUT2D eigenvalue weighted by Gasteiger charge is 2.79. The zero-order valence-electron chi connectivity index (χ0n) is 16.6. The second kappa shape index (κ2) is 5.14. The highest BCUT2D eigenvalue weighted by molar-refractivity contribution is 5.89. The first kappa shape index (κ1) is 18.1. The van der Waals surface area contributed by atoms with Crippen LogP contribution < -0.4 is 5.73 Å². The van der Waals surface area contributed by atoms with Crippen molar-refractivity contribution >= 4 is 11.9 Å². The minimum Gasteiger partial charge on any atom is -0.446 e. The molecule has 5 aliphatic rings. The minimum absolute atomic E-state index is 0.0421. The highest BCUT2D eigenvalue weighted by atomic mass is 16.6. The third-order valence-electron chi connectivity index (χ3n) is 9.88. The van der Waals surface area contributed by atoms with E-state index in [0.717, 1.165) is 19.3 Å². The van der Waals surface area contributed by atoms with Crippen LogP contribution in [0.5, 0.6) is 0 Å². The Morgan fingerprint density at radius 2 is 1.85 bits per heavy atom. The van der Waals surface area contributed by atoms with E-state index in [2.05, 4.69) is 27.4 Å². The summed E-state index contributed by atoms with van der Waals surface area (Å²) in [6, 6.07) is 0. The van der Waals surface area contributed by atoms with Gasteiger partial charge in [0.05, 0.1) is 0 Å². The Hall–Kier alpha value is -1.32. The van der Waals surface area contributed by atoms with Gasteiger partial charge in [0.25, 0.3) is 0 Å². The van der Waals surface area contributed by atoms with Crippen molar-refractivity contribution in [1.29, 1.82) is 0 Å². The molecule has 0 aromatic carbocycles. The summed E-state index contributed by atoms with van der Waals surface area (Å²) >= 11 is 0. The fourth-order valence-electron chi connectivity index (χ4n) is 7.82. The van der Waals surface area contributed by atoms with E-state index in [1.54, 1.807) is 6.08 Å². The smallest absolute Gasteiger partial charge is 0.404 e. The van der Waals surface area contributed by atoms with E-state index in [9.17, 15) is 9.59 Å². The van der Waals surface area contributed by atoms with Crippen LogP contribution in [0.15, 0.2) is 12.7 Å². The average molecular weight is 360 g/mol. The Bertz CT molecular complexity index is 689. The summed E-state index contributed by atoms with van der Waals surface area (Å²) in [5.74, 6) is 1.27. The summed E-state index contributed by atoms with van der Waals surface area (Å²) in [7, 11) is 0. The van der Waals surface area contributed by atoms with Crippen LogP contribution in [0.3, 0.4) is 0 Å². The quantitative estimate of drug-likeness (QED) is 0.739. The summed E-state index contributed by atoms with van der Waals surface area (Å²) < 4.78 is 5.76. The van der Waals surface area contributed by atoms with Crippen molar-refractivity contribution in [2.45, 2.75) is 72.3 Å². The molecule has 5 rings (SSSR count). The van der Waals surface area contributed by atoms with Crippen LogP contribution in [0.4, 0.5) is 4.79 Å². The molecule has 2 N–H and O–H groups in total. The van der Waals surface area contributed by atoms with Crippen LogP contribution in [-0.2, 0) is 9.53 Å². The Labute approximate surface area is 156 Å². The van der Waals surface area contributed by atoms with Gasteiger partial charge >= 0.3 is 6.09 Å². The number of hydrogen-bond acceptors (Lipinski definition) is 3. The standard InChI is InChI=1S/C22H33NO3/c1-6-19(4)12-16(26-18(23)25)20(5)13(2)7-8-21-9-10-22(21,11-15(20)21)14(3)17(19)24/h6,13-16H,1,7-12H2,2-5H3,(H2,23,25)/t13?,14-,15?,16+,19+,20+,21+,22+/m0/s1. The fraction of sp³-hybridized carbons (Fsp3) is 0.818.